The van der Waals surface area contributed by atoms with Gasteiger partial charge in [-0.15, -0.1) is 0 Å². The van der Waals surface area contributed by atoms with Crippen LogP contribution in [0.2, 0.25) is 0 Å². The van der Waals surface area contributed by atoms with E-state index in [0.717, 1.165) is 5.56 Å². The fraction of sp³-hybridized carbons (Fsp3) is 0.300. The van der Waals surface area contributed by atoms with E-state index in [0.29, 0.717) is 23.0 Å². The normalized spacial score (nSPS) is 12.8. The summed E-state index contributed by atoms with van der Waals surface area (Å²) in [4.78, 5) is 24.6. The summed E-state index contributed by atoms with van der Waals surface area (Å²) in [5, 5.41) is 2.73. The molecular formula is C20H21NO7. The van der Waals surface area contributed by atoms with E-state index in [1.165, 1.54) is 33.3 Å². The highest BCUT2D eigenvalue weighted by molar-refractivity contribution is 5.93. The number of amides is 1. The lowest BCUT2D eigenvalue weighted by molar-refractivity contribution is -0.129. The Morgan fingerprint density at radius 1 is 1.04 bits per heavy atom. The van der Waals surface area contributed by atoms with Crippen molar-refractivity contribution in [2.75, 3.05) is 21.0 Å². The first-order chi connectivity index (χ1) is 13.5. The smallest absolute Gasteiger partial charge is 0.339 e. The molecule has 2 aromatic carbocycles. The maximum Gasteiger partial charge on any atom is 0.339 e. The standard InChI is InChI=1S/C20H21NO7/c1-12(28-20(23)14-7-15(24-2)9-16(8-14)25-3)19(22)21-10-13-4-5-17-18(6-13)27-11-26-17/h4-9,12H,10-11H2,1-3H3,(H,21,22)/t12-/m0/s1. The summed E-state index contributed by atoms with van der Waals surface area (Å²) in [6.45, 7) is 1.96. The first-order valence-electron chi connectivity index (χ1n) is 8.60. The van der Waals surface area contributed by atoms with Gasteiger partial charge < -0.3 is 29.0 Å². The van der Waals surface area contributed by atoms with Gasteiger partial charge in [0, 0.05) is 12.6 Å². The molecule has 8 heteroatoms. The van der Waals surface area contributed by atoms with Crippen molar-refractivity contribution in [3.05, 3.63) is 47.5 Å². The molecule has 0 fully saturated rings. The maximum absolute atomic E-state index is 12.4. The van der Waals surface area contributed by atoms with Crippen LogP contribution >= 0.6 is 0 Å². The summed E-state index contributed by atoms with van der Waals surface area (Å²) in [7, 11) is 2.96. The zero-order valence-electron chi connectivity index (χ0n) is 15.8. The highest BCUT2D eigenvalue weighted by Gasteiger charge is 2.20. The van der Waals surface area contributed by atoms with Crippen LogP contribution in [0.5, 0.6) is 23.0 Å². The zero-order valence-corrected chi connectivity index (χ0v) is 15.8. The molecule has 0 aliphatic carbocycles. The quantitative estimate of drug-likeness (QED) is 0.729. The number of hydrogen-bond donors (Lipinski definition) is 1. The third-order valence-corrected chi connectivity index (χ3v) is 4.14. The number of rotatable bonds is 7. The number of methoxy groups -OCH3 is 2. The molecule has 0 spiro atoms. The maximum atomic E-state index is 12.4. The molecule has 0 saturated carbocycles. The van der Waals surface area contributed by atoms with Gasteiger partial charge in [-0.05, 0) is 36.8 Å². The van der Waals surface area contributed by atoms with E-state index in [4.69, 9.17) is 23.7 Å². The van der Waals surface area contributed by atoms with Crippen molar-refractivity contribution in [1.82, 2.24) is 5.32 Å². The predicted molar refractivity (Wildman–Crippen MR) is 98.8 cm³/mol. The Morgan fingerprint density at radius 2 is 1.71 bits per heavy atom. The summed E-state index contributed by atoms with van der Waals surface area (Å²) >= 11 is 0. The Labute approximate surface area is 162 Å². The van der Waals surface area contributed by atoms with Crippen molar-refractivity contribution in [1.29, 1.82) is 0 Å². The lowest BCUT2D eigenvalue weighted by Gasteiger charge is -2.14. The van der Waals surface area contributed by atoms with Crippen LogP contribution in [-0.4, -0.2) is 39.0 Å². The van der Waals surface area contributed by atoms with Crippen molar-refractivity contribution < 1.29 is 33.3 Å². The molecule has 2 aromatic rings. The van der Waals surface area contributed by atoms with Crippen LogP contribution in [0.15, 0.2) is 36.4 Å². The van der Waals surface area contributed by atoms with Crippen LogP contribution in [0.1, 0.15) is 22.8 Å². The van der Waals surface area contributed by atoms with Gasteiger partial charge in [0.2, 0.25) is 6.79 Å². The van der Waals surface area contributed by atoms with Gasteiger partial charge in [0.1, 0.15) is 11.5 Å². The fourth-order valence-corrected chi connectivity index (χ4v) is 2.59. The summed E-state index contributed by atoms with van der Waals surface area (Å²) in [6.07, 6.45) is -0.973. The highest BCUT2D eigenvalue weighted by atomic mass is 16.7. The average molecular weight is 387 g/mol. The number of nitrogens with one attached hydrogen (secondary N) is 1. The molecule has 1 aliphatic rings. The van der Waals surface area contributed by atoms with Crippen LogP contribution in [-0.2, 0) is 16.1 Å². The topological polar surface area (TPSA) is 92.3 Å². The molecule has 1 atom stereocenters. The molecule has 0 unspecified atom stereocenters. The Morgan fingerprint density at radius 3 is 2.39 bits per heavy atom. The zero-order chi connectivity index (χ0) is 20.1. The van der Waals surface area contributed by atoms with Gasteiger partial charge in [-0.3, -0.25) is 4.79 Å². The van der Waals surface area contributed by atoms with Crippen LogP contribution in [0.4, 0.5) is 0 Å². The average Bonchev–Trinajstić information content (AvgIpc) is 3.19. The first-order valence-corrected chi connectivity index (χ1v) is 8.60. The number of hydrogen-bond acceptors (Lipinski definition) is 7. The van der Waals surface area contributed by atoms with E-state index in [1.807, 2.05) is 6.07 Å². The fourth-order valence-electron chi connectivity index (χ4n) is 2.59. The minimum Gasteiger partial charge on any atom is -0.497 e. The van der Waals surface area contributed by atoms with Crippen molar-refractivity contribution in [2.45, 2.75) is 19.6 Å². The van der Waals surface area contributed by atoms with Gasteiger partial charge in [0.25, 0.3) is 5.91 Å². The molecule has 8 nitrogen and oxygen atoms in total. The van der Waals surface area contributed by atoms with E-state index in [2.05, 4.69) is 5.32 Å². The van der Waals surface area contributed by atoms with Crippen LogP contribution < -0.4 is 24.3 Å². The third kappa shape index (κ3) is 4.46. The summed E-state index contributed by atoms with van der Waals surface area (Å²) in [5.41, 5.74) is 1.07. The Hall–Kier alpha value is -3.42. The van der Waals surface area contributed by atoms with E-state index < -0.39 is 18.0 Å². The Bertz CT molecular complexity index is 859. The minimum atomic E-state index is -0.973. The van der Waals surface area contributed by atoms with Gasteiger partial charge >= 0.3 is 5.97 Å². The SMILES string of the molecule is COc1cc(OC)cc(C(=O)O[C@@H](C)C(=O)NCc2ccc3c(c2)OCO3)c1. The van der Waals surface area contributed by atoms with Crippen molar-refractivity contribution in [3.63, 3.8) is 0 Å². The van der Waals surface area contributed by atoms with Crippen molar-refractivity contribution in [3.8, 4) is 23.0 Å². The van der Waals surface area contributed by atoms with Gasteiger partial charge in [-0.2, -0.15) is 0 Å². The summed E-state index contributed by atoms with van der Waals surface area (Å²) in [5.74, 6) is 1.14. The number of ether oxygens (including phenoxy) is 5. The summed E-state index contributed by atoms with van der Waals surface area (Å²) < 4.78 is 26.1. The lowest BCUT2D eigenvalue weighted by atomic mass is 10.2. The van der Waals surface area contributed by atoms with Crippen LogP contribution in [0, 0.1) is 0 Å². The van der Waals surface area contributed by atoms with Crippen LogP contribution in [0.3, 0.4) is 0 Å². The van der Waals surface area contributed by atoms with E-state index >= 15 is 0 Å². The number of esters is 1. The molecule has 0 saturated heterocycles. The highest BCUT2D eigenvalue weighted by Crippen LogP contribution is 2.32. The van der Waals surface area contributed by atoms with Crippen molar-refractivity contribution in [2.24, 2.45) is 0 Å². The lowest BCUT2D eigenvalue weighted by Crippen LogP contribution is -2.35. The number of carbonyl (C=O) groups excluding carboxylic acids is 2. The third-order valence-electron chi connectivity index (χ3n) is 4.14. The van der Waals surface area contributed by atoms with Gasteiger partial charge in [0.05, 0.1) is 19.8 Å². The molecule has 1 N–H and O–H groups in total. The predicted octanol–water partition coefficient (Wildman–Crippen LogP) is 2.29. The molecule has 1 amide bonds. The molecule has 0 aromatic heterocycles. The monoisotopic (exact) mass is 387 g/mol. The molecule has 28 heavy (non-hydrogen) atoms. The Balaban J connectivity index is 1.57. The second kappa shape index (κ2) is 8.51. The number of carbonyl (C=O) groups is 2. The van der Waals surface area contributed by atoms with E-state index in [-0.39, 0.29) is 18.9 Å². The van der Waals surface area contributed by atoms with Crippen molar-refractivity contribution >= 4 is 11.9 Å². The molecule has 1 aliphatic heterocycles. The molecule has 3 rings (SSSR count). The van der Waals surface area contributed by atoms with Gasteiger partial charge in [-0.1, -0.05) is 6.07 Å². The minimum absolute atomic E-state index is 0.188. The molecular weight excluding hydrogens is 366 g/mol. The van der Waals surface area contributed by atoms with E-state index in [9.17, 15) is 9.59 Å². The second-order valence-corrected chi connectivity index (χ2v) is 6.05. The Kier molecular flexibility index (Phi) is 5.88. The second-order valence-electron chi connectivity index (χ2n) is 6.05. The molecule has 1 heterocycles. The summed E-state index contributed by atoms with van der Waals surface area (Å²) in [6, 6.07) is 10.1. The largest absolute Gasteiger partial charge is 0.497 e. The van der Waals surface area contributed by atoms with Gasteiger partial charge in [-0.25, -0.2) is 4.79 Å². The van der Waals surface area contributed by atoms with Gasteiger partial charge in [0.15, 0.2) is 17.6 Å². The molecule has 0 radical (unpaired) electrons. The van der Waals surface area contributed by atoms with E-state index in [1.54, 1.807) is 18.2 Å². The van der Waals surface area contributed by atoms with Crippen LogP contribution in [0.25, 0.3) is 0 Å². The number of fused-ring (bicyclic) bond motifs is 1. The molecule has 0 bridgehead atoms. The number of benzene rings is 2. The molecule has 148 valence electrons. The first kappa shape index (κ1) is 19.3.